The highest BCUT2D eigenvalue weighted by molar-refractivity contribution is 9.10. The van der Waals surface area contributed by atoms with Crippen molar-refractivity contribution in [3.05, 3.63) is 22.5 Å². The van der Waals surface area contributed by atoms with E-state index in [-0.39, 0.29) is 5.91 Å². The van der Waals surface area contributed by atoms with Crippen LogP contribution in [-0.4, -0.2) is 55.2 Å². The molecular weight excluding hydrogens is 326 g/mol. The predicted octanol–water partition coefficient (Wildman–Crippen LogP) is 1.59. The predicted molar refractivity (Wildman–Crippen MR) is 77.9 cm³/mol. The van der Waals surface area contributed by atoms with E-state index in [1.54, 1.807) is 12.1 Å². The van der Waals surface area contributed by atoms with Crippen LogP contribution in [0.3, 0.4) is 0 Å². The van der Waals surface area contributed by atoms with Gasteiger partial charge in [-0.1, -0.05) is 0 Å². The molecule has 108 valence electrons. The molecule has 6 nitrogen and oxygen atoms in total. The van der Waals surface area contributed by atoms with E-state index in [1.807, 2.05) is 0 Å². The standard InChI is InChI=1S/C13H16BrN3O3/c14-12-8-9-11(20-12)7-10(16-9)13(18)15-1-2-17-3-5-19-6-4-17/h7-8,16H,1-6H2,(H,15,18). The van der Waals surface area contributed by atoms with Gasteiger partial charge in [-0.15, -0.1) is 0 Å². The lowest BCUT2D eigenvalue weighted by molar-refractivity contribution is 0.0383. The van der Waals surface area contributed by atoms with Gasteiger partial charge < -0.3 is 19.5 Å². The summed E-state index contributed by atoms with van der Waals surface area (Å²) in [7, 11) is 0. The number of rotatable bonds is 4. The van der Waals surface area contributed by atoms with Crippen LogP contribution in [0, 0.1) is 0 Å². The zero-order valence-electron chi connectivity index (χ0n) is 10.9. The maximum Gasteiger partial charge on any atom is 0.267 e. The van der Waals surface area contributed by atoms with Crippen LogP contribution in [0.1, 0.15) is 10.5 Å². The first-order valence-corrected chi connectivity index (χ1v) is 7.38. The molecule has 0 radical (unpaired) electrons. The van der Waals surface area contributed by atoms with E-state index >= 15 is 0 Å². The van der Waals surface area contributed by atoms with E-state index in [0.717, 1.165) is 38.4 Å². The van der Waals surface area contributed by atoms with Crippen molar-refractivity contribution in [3.63, 3.8) is 0 Å². The lowest BCUT2D eigenvalue weighted by atomic mass is 10.3. The Morgan fingerprint density at radius 1 is 1.40 bits per heavy atom. The average Bonchev–Trinajstić information content (AvgIpc) is 2.97. The smallest absolute Gasteiger partial charge is 0.267 e. The number of ether oxygens (including phenoxy) is 1. The molecule has 3 rings (SSSR count). The molecular formula is C13H16BrN3O3. The third kappa shape index (κ3) is 3.05. The number of morpholine rings is 1. The monoisotopic (exact) mass is 341 g/mol. The van der Waals surface area contributed by atoms with Crippen molar-refractivity contribution in [1.29, 1.82) is 0 Å². The Hall–Kier alpha value is -1.31. The number of aromatic nitrogens is 1. The van der Waals surface area contributed by atoms with Gasteiger partial charge in [0, 0.05) is 38.3 Å². The molecule has 2 aromatic rings. The molecule has 1 saturated heterocycles. The highest BCUT2D eigenvalue weighted by Gasteiger charge is 2.13. The molecule has 0 spiro atoms. The van der Waals surface area contributed by atoms with Crippen LogP contribution in [0.5, 0.6) is 0 Å². The number of hydrogen-bond donors (Lipinski definition) is 2. The number of fused-ring (bicyclic) bond motifs is 1. The Labute approximate surface area is 124 Å². The summed E-state index contributed by atoms with van der Waals surface area (Å²) in [5, 5.41) is 2.91. The van der Waals surface area contributed by atoms with Gasteiger partial charge in [0.2, 0.25) is 0 Å². The molecule has 1 fully saturated rings. The van der Waals surface area contributed by atoms with E-state index in [2.05, 4.69) is 31.1 Å². The summed E-state index contributed by atoms with van der Waals surface area (Å²) in [6.07, 6.45) is 0. The van der Waals surface area contributed by atoms with Crippen molar-refractivity contribution >= 4 is 32.9 Å². The Kier molecular flexibility index (Phi) is 4.09. The van der Waals surface area contributed by atoms with Crippen LogP contribution >= 0.6 is 15.9 Å². The highest BCUT2D eigenvalue weighted by Crippen LogP contribution is 2.23. The minimum Gasteiger partial charge on any atom is -0.448 e. The third-order valence-corrected chi connectivity index (χ3v) is 3.73. The van der Waals surface area contributed by atoms with E-state index < -0.39 is 0 Å². The Balaban J connectivity index is 1.51. The average molecular weight is 342 g/mol. The zero-order valence-corrected chi connectivity index (χ0v) is 12.5. The fourth-order valence-electron chi connectivity index (χ4n) is 2.26. The van der Waals surface area contributed by atoms with Gasteiger partial charge in [-0.3, -0.25) is 9.69 Å². The van der Waals surface area contributed by atoms with Gasteiger partial charge in [-0.05, 0) is 15.9 Å². The number of hydrogen-bond acceptors (Lipinski definition) is 4. The van der Waals surface area contributed by atoms with E-state index in [4.69, 9.17) is 9.15 Å². The lowest BCUT2D eigenvalue weighted by Gasteiger charge is -2.26. The van der Waals surface area contributed by atoms with Gasteiger partial charge in [0.05, 0.1) is 18.7 Å². The number of amides is 1. The number of furan rings is 1. The third-order valence-electron chi connectivity index (χ3n) is 3.34. The van der Waals surface area contributed by atoms with E-state index in [1.165, 1.54) is 0 Å². The molecule has 2 N–H and O–H groups in total. The van der Waals surface area contributed by atoms with Crippen molar-refractivity contribution in [1.82, 2.24) is 15.2 Å². The number of aromatic amines is 1. The molecule has 1 amide bonds. The molecule has 0 bridgehead atoms. The molecule has 0 atom stereocenters. The number of carbonyl (C=O) groups is 1. The highest BCUT2D eigenvalue weighted by atomic mass is 79.9. The second kappa shape index (κ2) is 5.99. The molecule has 0 saturated carbocycles. The van der Waals surface area contributed by atoms with E-state index in [9.17, 15) is 4.79 Å². The van der Waals surface area contributed by atoms with E-state index in [0.29, 0.717) is 22.5 Å². The Morgan fingerprint density at radius 3 is 2.95 bits per heavy atom. The quantitative estimate of drug-likeness (QED) is 0.885. The van der Waals surface area contributed by atoms with Crippen molar-refractivity contribution in [3.8, 4) is 0 Å². The summed E-state index contributed by atoms with van der Waals surface area (Å²) in [5.41, 5.74) is 2.01. The molecule has 1 aliphatic heterocycles. The number of H-pyrrole nitrogens is 1. The Bertz CT molecular complexity index is 570. The fraction of sp³-hybridized carbons (Fsp3) is 0.462. The SMILES string of the molecule is O=C(NCCN1CCOCC1)c1cc2oc(Br)cc2[nH]1. The second-order valence-corrected chi connectivity index (χ2v) is 5.50. The van der Waals surface area contributed by atoms with Crippen molar-refractivity contribution in [2.75, 3.05) is 39.4 Å². The van der Waals surface area contributed by atoms with Gasteiger partial charge in [0.25, 0.3) is 5.91 Å². The molecule has 7 heteroatoms. The normalized spacial score (nSPS) is 16.6. The number of nitrogens with zero attached hydrogens (tertiary/aromatic N) is 1. The molecule has 1 aliphatic rings. The van der Waals surface area contributed by atoms with Gasteiger partial charge >= 0.3 is 0 Å². The summed E-state index contributed by atoms with van der Waals surface area (Å²) >= 11 is 3.25. The van der Waals surface area contributed by atoms with Crippen molar-refractivity contribution < 1.29 is 13.9 Å². The van der Waals surface area contributed by atoms with Crippen molar-refractivity contribution in [2.45, 2.75) is 0 Å². The largest absolute Gasteiger partial charge is 0.448 e. The number of halogens is 1. The van der Waals surface area contributed by atoms with Gasteiger partial charge in [-0.2, -0.15) is 0 Å². The summed E-state index contributed by atoms with van der Waals surface area (Å²) in [4.78, 5) is 17.3. The van der Waals surface area contributed by atoms with Crippen LogP contribution < -0.4 is 5.32 Å². The summed E-state index contributed by atoms with van der Waals surface area (Å²) in [6, 6.07) is 3.52. The van der Waals surface area contributed by atoms with Crippen LogP contribution in [0.15, 0.2) is 21.2 Å². The van der Waals surface area contributed by atoms with Crippen LogP contribution in [0.4, 0.5) is 0 Å². The van der Waals surface area contributed by atoms with Crippen LogP contribution in [0.2, 0.25) is 0 Å². The van der Waals surface area contributed by atoms with Crippen molar-refractivity contribution in [2.24, 2.45) is 0 Å². The Morgan fingerprint density at radius 2 is 2.20 bits per heavy atom. The number of nitrogens with one attached hydrogen (secondary N) is 2. The second-order valence-electron chi connectivity index (χ2n) is 4.72. The maximum atomic E-state index is 12.0. The first-order chi connectivity index (χ1) is 9.72. The molecule has 0 aliphatic carbocycles. The van der Waals surface area contributed by atoms with Gasteiger partial charge in [0.15, 0.2) is 10.3 Å². The fourth-order valence-corrected chi connectivity index (χ4v) is 2.66. The first-order valence-electron chi connectivity index (χ1n) is 6.59. The van der Waals surface area contributed by atoms with Crippen LogP contribution in [0.25, 0.3) is 11.1 Å². The number of carbonyl (C=O) groups excluding carboxylic acids is 1. The van der Waals surface area contributed by atoms with Crippen LogP contribution in [-0.2, 0) is 4.74 Å². The topological polar surface area (TPSA) is 70.5 Å². The van der Waals surface area contributed by atoms with Gasteiger partial charge in [0.1, 0.15) is 5.69 Å². The minimum absolute atomic E-state index is 0.110. The molecule has 2 aromatic heterocycles. The zero-order chi connectivity index (χ0) is 13.9. The molecule has 3 heterocycles. The summed E-state index contributed by atoms with van der Waals surface area (Å²) in [6.45, 7) is 4.88. The molecule has 0 aromatic carbocycles. The van der Waals surface area contributed by atoms with Gasteiger partial charge in [-0.25, -0.2) is 0 Å². The molecule has 0 unspecified atom stereocenters. The first kappa shape index (κ1) is 13.7. The summed E-state index contributed by atoms with van der Waals surface area (Å²) < 4.78 is 11.3. The summed E-state index contributed by atoms with van der Waals surface area (Å²) in [5.74, 6) is -0.110. The minimum atomic E-state index is -0.110. The maximum absolute atomic E-state index is 12.0. The lowest BCUT2D eigenvalue weighted by Crippen LogP contribution is -2.41. The molecule has 20 heavy (non-hydrogen) atoms.